The van der Waals surface area contributed by atoms with Gasteiger partial charge in [-0.3, -0.25) is 9.59 Å². The number of ketones is 2. The summed E-state index contributed by atoms with van der Waals surface area (Å²) in [5.41, 5.74) is 0.0747. The number of esters is 1. The van der Waals surface area contributed by atoms with Crippen molar-refractivity contribution >= 4 is 63.9 Å². The fourth-order valence-corrected chi connectivity index (χ4v) is 1.60. The summed E-state index contributed by atoms with van der Waals surface area (Å²) in [6.45, 7) is 0. The van der Waals surface area contributed by atoms with Crippen LogP contribution in [0.4, 0.5) is 4.39 Å². The Labute approximate surface area is 157 Å². The van der Waals surface area contributed by atoms with Gasteiger partial charge in [0.15, 0.2) is 28.0 Å². The molecule has 0 atom stereocenters. The molecule has 1 aromatic carbocycles. The molecule has 0 saturated carbocycles. The fraction of sp³-hybridized carbons (Fsp3) is 0.357. The quantitative estimate of drug-likeness (QED) is 0.303. The van der Waals surface area contributed by atoms with E-state index in [1.54, 1.807) is 0 Å². The molecule has 0 aromatic heterocycles. The zero-order chi connectivity index (χ0) is 18.9. The number of alkyl halides is 4. The van der Waals surface area contributed by atoms with Crippen LogP contribution in [0.2, 0.25) is 0 Å². The van der Waals surface area contributed by atoms with Crippen LogP contribution in [0, 0.1) is 5.82 Å². The van der Waals surface area contributed by atoms with Gasteiger partial charge in [0, 0.05) is 5.56 Å². The third kappa shape index (κ3) is 8.15. The minimum absolute atomic E-state index is 0.0282. The molecule has 0 aliphatic rings. The summed E-state index contributed by atoms with van der Waals surface area (Å²) < 4.78 is 22.1. The Kier molecular flexibility index (Phi) is 11.0. The fourth-order valence-electron chi connectivity index (χ4n) is 1.27. The smallest absolute Gasteiger partial charge is 0.339 e. The van der Waals surface area contributed by atoms with Crippen LogP contribution in [-0.2, 0) is 14.3 Å². The van der Waals surface area contributed by atoms with Gasteiger partial charge in [0.05, 0.1) is 20.6 Å². The molecule has 0 bridgehead atoms. The van der Waals surface area contributed by atoms with Crippen LogP contribution in [0.5, 0.6) is 5.75 Å². The standard InChI is InChI=1S/C11H9Cl2FO3.C3H4Cl2O2/c1-17-10-3-2-6(4-7(10)14)8(15)5-9(16)11(12)13;1-7-3(6)2(4)5/h2-4,11H,5H2,1H3;2H,1H3. The number of rotatable bonds is 6. The van der Waals surface area contributed by atoms with Gasteiger partial charge in [0.25, 0.3) is 0 Å². The molecule has 5 nitrogen and oxygen atoms in total. The van der Waals surface area contributed by atoms with E-state index in [2.05, 4.69) is 4.74 Å². The number of ether oxygens (including phenoxy) is 2. The minimum Gasteiger partial charge on any atom is -0.494 e. The summed E-state index contributed by atoms with van der Waals surface area (Å²) >= 11 is 20.7. The van der Waals surface area contributed by atoms with E-state index in [0.29, 0.717) is 0 Å². The van der Waals surface area contributed by atoms with E-state index in [9.17, 15) is 18.8 Å². The zero-order valence-corrected chi connectivity index (χ0v) is 15.5. The second-order valence-electron chi connectivity index (χ2n) is 4.04. The Balaban J connectivity index is 0.000000640. The summed E-state index contributed by atoms with van der Waals surface area (Å²) in [5.74, 6) is -2.42. The van der Waals surface area contributed by atoms with Crippen molar-refractivity contribution in [3.8, 4) is 5.75 Å². The lowest BCUT2D eigenvalue weighted by atomic mass is 10.1. The number of hydrogen-bond donors (Lipinski definition) is 0. The van der Waals surface area contributed by atoms with Crippen LogP contribution in [0.3, 0.4) is 0 Å². The second-order valence-corrected chi connectivity index (χ2v) is 6.23. The van der Waals surface area contributed by atoms with Crippen LogP contribution in [0.15, 0.2) is 18.2 Å². The van der Waals surface area contributed by atoms with E-state index in [1.807, 2.05) is 0 Å². The lowest BCUT2D eigenvalue weighted by molar-refractivity contribution is -0.138. The predicted octanol–water partition coefficient (Wildman–Crippen LogP) is 3.74. The lowest BCUT2D eigenvalue weighted by Crippen LogP contribution is -2.14. The maximum atomic E-state index is 13.3. The molecular weight excluding hydrogens is 409 g/mol. The largest absolute Gasteiger partial charge is 0.494 e. The molecular formula is C14H13Cl4FO5. The van der Waals surface area contributed by atoms with E-state index in [4.69, 9.17) is 51.1 Å². The first kappa shape index (κ1) is 22.9. The topological polar surface area (TPSA) is 69.7 Å². The highest BCUT2D eigenvalue weighted by Crippen LogP contribution is 2.19. The Morgan fingerprint density at radius 2 is 1.67 bits per heavy atom. The predicted molar refractivity (Wildman–Crippen MR) is 89.9 cm³/mol. The molecule has 1 rings (SSSR count). The summed E-state index contributed by atoms with van der Waals surface area (Å²) in [6.07, 6.45) is -0.455. The van der Waals surface area contributed by atoms with Crippen molar-refractivity contribution in [2.45, 2.75) is 16.1 Å². The lowest BCUT2D eigenvalue weighted by Gasteiger charge is -2.04. The van der Waals surface area contributed by atoms with Gasteiger partial charge in [0.1, 0.15) is 0 Å². The third-order valence-electron chi connectivity index (χ3n) is 2.43. The Morgan fingerprint density at radius 3 is 2.00 bits per heavy atom. The van der Waals surface area contributed by atoms with Crippen molar-refractivity contribution in [3.63, 3.8) is 0 Å². The monoisotopic (exact) mass is 420 g/mol. The average molecular weight is 422 g/mol. The van der Waals surface area contributed by atoms with Crippen molar-refractivity contribution in [1.82, 2.24) is 0 Å². The molecule has 1 aromatic rings. The van der Waals surface area contributed by atoms with Crippen LogP contribution in [0.1, 0.15) is 16.8 Å². The maximum absolute atomic E-state index is 13.3. The van der Waals surface area contributed by atoms with E-state index in [0.717, 1.165) is 6.07 Å². The molecule has 0 amide bonds. The number of benzene rings is 1. The SMILES string of the molecule is COC(=O)C(Cl)Cl.COc1ccc(C(=O)CC(=O)C(Cl)Cl)cc1F. The first-order chi connectivity index (χ1) is 11.1. The number of methoxy groups -OCH3 is 2. The van der Waals surface area contributed by atoms with E-state index >= 15 is 0 Å². The van der Waals surface area contributed by atoms with Crippen molar-refractivity contribution in [1.29, 1.82) is 0 Å². The highest BCUT2D eigenvalue weighted by Gasteiger charge is 2.18. The Morgan fingerprint density at radius 1 is 1.08 bits per heavy atom. The molecule has 0 spiro atoms. The Hall–Kier alpha value is -1.08. The third-order valence-corrected chi connectivity index (χ3v) is 3.27. The summed E-state index contributed by atoms with van der Waals surface area (Å²) in [6, 6.07) is 3.69. The van der Waals surface area contributed by atoms with Gasteiger partial charge in [-0.2, -0.15) is 0 Å². The molecule has 0 heterocycles. The normalized spacial score (nSPS) is 10.0. The van der Waals surface area contributed by atoms with Crippen LogP contribution < -0.4 is 4.74 Å². The molecule has 0 aliphatic heterocycles. The van der Waals surface area contributed by atoms with Crippen LogP contribution >= 0.6 is 46.4 Å². The molecule has 0 N–H and O–H groups in total. The second kappa shape index (κ2) is 11.5. The molecule has 24 heavy (non-hydrogen) atoms. The number of hydrogen-bond acceptors (Lipinski definition) is 5. The van der Waals surface area contributed by atoms with Crippen LogP contribution in [-0.4, -0.2) is 41.4 Å². The van der Waals surface area contributed by atoms with Gasteiger partial charge in [-0.25, -0.2) is 9.18 Å². The van der Waals surface area contributed by atoms with E-state index in [-0.39, 0.29) is 11.3 Å². The van der Waals surface area contributed by atoms with Gasteiger partial charge >= 0.3 is 5.97 Å². The molecule has 0 aliphatic carbocycles. The average Bonchev–Trinajstić information content (AvgIpc) is 2.54. The van der Waals surface area contributed by atoms with Crippen molar-refractivity contribution in [3.05, 3.63) is 29.6 Å². The van der Waals surface area contributed by atoms with Gasteiger partial charge in [-0.1, -0.05) is 46.4 Å². The summed E-state index contributed by atoms with van der Waals surface area (Å²) in [5, 5.41) is 0. The van der Waals surface area contributed by atoms with E-state index < -0.39 is 39.4 Å². The number of carbonyl (C=O) groups excluding carboxylic acids is 3. The van der Waals surface area contributed by atoms with Gasteiger partial charge in [-0.15, -0.1) is 0 Å². The molecule has 0 unspecified atom stereocenters. The molecule has 10 heteroatoms. The number of Topliss-reactive ketones (excluding diaryl/α,β-unsaturated/α-hetero) is 2. The molecule has 0 saturated heterocycles. The highest BCUT2D eigenvalue weighted by atomic mass is 35.5. The first-order valence-corrected chi connectivity index (χ1v) is 7.92. The van der Waals surface area contributed by atoms with Crippen molar-refractivity contribution in [2.24, 2.45) is 0 Å². The number of carbonyl (C=O) groups is 3. The van der Waals surface area contributed by atoms with Crippen molar-refractivity contribution < 1.29 is 28.2 Å². The first-order valence-electron chi connectivity index (χ1n) is 6.17. The van der Waals surface area contributed by atoms with Gasteiger partial charge in [0.2, 0.25) is 4.84 Å². The number of halogens is 5. The zero-order valence-electron chi connectivity index (χ0n) is 12.5. The summed E-state index contributed by atoms with van der Waals surface area (Å²) in [4.78, 5) is 30.4. The summed E-state index contributed by atoms with van der Waals surface area (Å²) in [7, 11) is 2.54. The molecule has 0 fully saturated rings. The maximum Gasteiger partial charge on any atom is 0.339 e. The van der Waals surface area contributed by atoms with Gasteiger partial charge < -0.3 is 9.47 Å². The molecule has 0 radical (unpaired) electrons. The Bertz CT molecular complexity index is 593. The van der Waals surface area contributed by atoms with Crippen LogP contribution in [0.25, 0.3) is 0 Å². The van der Waals surface area contributed by atoms with Crippen molar-refractivity contribution in [2.75, 3.05) is 14.2 Å². The van der Waals surface area contributed by atoms with Gasteiger partial charge in [-0.05, 0) is 18.2 Å². The minimum atomic E-state index is -1.25. The molecule has 134 valence electrons. The highest BCUT2D eigenvalue weighted by molar-refractivity contribution is 6.54. The van der Waals surface area contributed by atoms with E-state index in [1.165, 1.54) is 26.4 Å².